The van der Waals surface area contributed by atoms with Gasteiger partial charge in [0, 0.05) is 22.0 Å². The average molecular weight is 383 g/mol. The normalized spacial score (nSPS) is 10.7. The van der Waals surface area contributed by atoms with Crippen molar-refractivity contribution in [2.75, 3.05) is 12.4 Å². The van der Waals surface area contributed by atoms with Gasteiger partial charge in [0.1, 0.15) is 13.2 Å². The highest BCUT2D eigenvalue weighted by atomic mass is 32.2. The Kier molecular flexibility index (Phi) is 6.54. The van der Waals surface area contributed by atoms with Crippen LogP contribution in [0.2, 0.25) is 0 Å². The summed E-state index contributed by atoms with van der Waals surface area (Å²) in [5.74, 6) is -0.344. The Morgan fingerprint density at radius 2 is 1.70 bits per heavy atom. The van der Waals surface area contributed by atoms with Crippen LogP contribution in [-0.4, -0.2) is 28.9 Å². The van der Waals surface area contributed by atoms with Crippen molar-refractivity contribution in [3.63, 3.8) is 0 Å². The molecular weight excluding hydrogens is 362 g/mol. The number of ether oxygens (including phenoxy) is 2. The van der Waals surface area contributed by atoms with Gasteiger partial charge >= 0.3 is 11.9 Å². The predicted octanol–water partition coefficient (Wildman–Crippen LogP) is 4.04. The van der Waals surface area contributed by atoms with Gasteiger partial charge in [0.2, 0.25) is 0 Å². The van der Waals surface area contributed by atoms with E-state index < -0.39 is 0 Å². The monoisotopic (exact) mass is 383 g/mol. The predicted molar refractivity (Wildman–Crippen MR) is 106 cm³/mol. The van der Waals surface area contributed by atoms with E-state index in [9.17, 15) is 9.59 Å². The van der Waals surface area contributed by atoms with E-state index in [4.69, 9.17) is 9.47 Å². The maximum atomic E-state index is 12.1. The van der Waals surface area contributed by atoms with E-state index in [2.05, 4.69) is 0 Å². The molecule has 6 heteroatoms. The van der Waals surface area contributed by atoms with E-state index in [-0.39, 0.29) is 30.8 Å². The zero-order chi connectivity index (χ0) is 19.1. The van der Waals surface area contributed by atoms with E-state index in [0.29, 0.717) is 6.61 Å². The third-order valence-electron chi connectivity index (χ3n) is 3.94. The van der Waals surface area contributed by atoms with Crippen molar-refractivity contribution in [1.29, 1.82) is 0 Å². The molecule has 0 aliphatic carbocycles. The lowest BCUT2D eigenvalue weighted by Gasteiger charge is -2.04. The molecule has 0 radical (unpaired) electrons. The summed E-state index contributed by atoms with van der Waals surface area (Å²) in [4.78, 5) is 24.8. The van der Waals surface area contributed by atoms with E-state index in [1.807, 2.05) is 65.4 Å². The molecule has 0 saturated carbocycles. The largest absolute Gasteiger partial charge is 0.465 e. The summed E-state index contributed by atoms with van der Waals surface area (Å²) in [5, 5.41) is 1.00. The molecule has 0 aliphatic heterocycles. The van der Waals surface area contributed by atoms with E-state index in [1.54, 1.807) is 6.92 Å². The number of rotatable bonds is 8. The number of hydrogen-bond acceptors (Lipinski definition) is 5. The van der Waals surface area contributed by atoms with Crippen LogP contribution in [-0.2, 0) is 32.2 Å². The minimum absolute atomic E-state index is 0.146. The minimum Gasteiger partial charge on any atom is -0.465 e. The van der Waals surface area contributed by atoms with Gasteiger partial charge < -0.3 is 14.0 Å². The molecule has 3 rings (SSSR count). The first-order valence-electron chi connectivity index (χ1n) is 8.73. The number of benzene rings is 2. The van der Waals surface area contributed by atoms with Crippen LogP contribution in [0.15, 0.2) is 65.7 Å². The summed E-state index contributed by atoms with van der Waals surface area (Å²) in [6.07, 6.45) is 1.89. The number of carbonyl (C=O) groups excluding carboxylic acids is 2. The number of esters is 2. The van der Waals surface area contributed by atoms with Crippen LogP contribution in [0.25, 0.3) is 10.9 Å². The van der Waals surface area contributed by atoms with Crippen molar-refractivity contribution < 1.29 is 19.1 Å². The molecule has 0 amide bonds. The van der Waals surface area contributed by atoms with Crippen LogP contribution in [0.4, 0.5) is 0 Å². The summed E-state index contributed by atoms with van der Waals surface area (Å²) in [5.41, 5.74) is 1.90. The van der Waals surface area contributed by atoms with Crippen molar-refractivity contribution in [3.8, 4) is 0 Å². The SMILES string of the molecule is CCOC(=O)Cn1cc(SCC(=O)OCc2ccccc2)c2ccccc21. The Balaban J connectivity index is 1.64. The fourth-order valence-corrected chi connectivity index (χ4v) is 3.61. The number of fused-ring (bicyclic) bond motifs is 1. The van der Waals surface area contributed by atoms with Gasteiger partial charge in [-0.1, -0.05) is 48.5 Å². The summed E-state index contributed by atoms with van der Waals surface area (Å²) in [7, 11) is 0. The Hall–Kier alpha value is -2.73. The summed E-state index contributed by atoms with van der Waals surface area (Å²) >= 11 is 1.41. The van der Waals surface area contributed by atoms with E-state index in [1.165, 1.54) is 11.8 Å². The molecule has 0 N–H and O–H groups in total. The number of aromatic nitrogens is 1. The lowest BCUT2D eigenvalue weighted by atomic mass is 10.2. The molecule has 140 valence electrons. The van der Waals surface area contributed by atoms with Crippen LogP contribution in [0.1, 0.15) is 12.5 Å². The summed E-state index contributed by atoms with van der Waals surface area (Å²) < 4.78 is 12.2. The molecule has 3 aromatic rings. The second-order valence-electron chi connectivity index (χ2n) is 5.88. The lowest BCUT2D eigenvalue weighted by Crippen LogP contribution is -2.12. The van der Waals surface area contributed by atoms with Gasteiger partial charge in [-0.2, -0.15) is 0 Å². The Bertz CT molecular complexity index is 920. The number of thioether (sulfide) groups is 1. The number of nitrogens with zero attached hydrogens (tertiary/aromatic N) is 1. The van der Waals surface area contributed by atoms with Gasteiger partial charge in [0.25, 0.3) is 0 Å². The maximum absolute atomic E-state index is 12.1. The molecule has 0 saturated heterocycles. The Morgan fingerprint density at radius 3 is 2.48 bits per heavy atom. The molecule has 0 aliphatic rings. The minimum atomic E-state index is -0.280. The molecule has 0 atom stereocenters. The maximum Gasteiger partial charge on any atom is 0.325 e. The van der Waals surface area contributed by atoms with Crippen molar-refractivity contribution in [1.82, 2.24) is 4.57 Å². The molecule has 5 nitrogen and oxygen atoms in total. The summed E-state index contributed by atoms with van der Waals surface area (Å²) in [6.45, 7) is 2.55. The van der Waals surface area contributed by atoms with Crippen LogP contribution in [0.3, 0.4) is 0 Å². The van der Waals surface area contributed by atoms with Crippen molar-refractivity contribution in [3.05, 3.63) is 66.4 Å². The van der Waals surface area contributed by atoms with Crippen LogP contribution in [0.5, 0.6) is 0 Å². The smallest absolute Gasteiger partial charge is 0.325 e. The summed E-state index contributed by atoms with van der Waals surface area (Å²) in [6, 6.07) is 17.4. The lowest BCUT2D eigenvalue weighted by molar-refractivity contribution is -0.144. The highest BCUT2D eigenvalue weighted by Crippen LogP contribution is 2.30. The first kappa shape index (κ1) is 19.0. The molecule has 0 bridgehead atoms. The fraction of sp³-hybridized carbons (Fsp3) is 0.238. The molecule has 1 heterocycles. The molecule has 1 aromatic heterocycles. The quantitative estimate of drug-likeness (QED) is 0.434. The fourth-order valence-electron chi connectivity index (χ4n) is 2.72. The zero-order valence-electron chi connectivity index (χ0n) is 15.1. The Morgan fingerprint density at radius 1 is 0.963 bits per heavy atom. The molecule has 0 fully saturated rings. The average Bonchev–Trinajstić information content (AvgIpc) is 3.03. The topological polar surface area (TPSA) is 57.5 Å². The molecular formula is C21H21NO4S. The first-order chi connectivity index (χ1) is 13.2. The zero-order valence-corrected chi connectivity index (χ0v) is 15.9. The van der Waals surface area contributed by atoms with Gasteiger partial charge in [-0.25, -0.2) is 0 Å². The van der Waals surface area contributed by atoms with Gasteiger partial charge in [0.05, 0.1) is 12.4 Å². The van der Waals surface area contributed by atoms with Crippen molar-refractivity contribution in [2.45, 2.75) is 25.0 Å². The van der Waals surface area contributed by atoms with Crippen molar-refractivity contribution in [2.24, 2.45) is 0 Å². The number of carbonyl (C=O) groups is 2. The van der Waals surface area contributed by atoms with E-state index in [0.717, 1.165) is 21.4 Å². The van der Waals surface area contributed by atoms with Crippen molar-refractivity contribution >= 4 is 34.6 Å². The Labute approximate surface area is 162 Å². The molecule has 2 aromatic carbocycles. The van der Waals surface area contributed by atoms with Crippen LogP contribution in [0, 0.1) is 0 Å². The molecule has 0 unspecified atom stereocenters. The third-order valence-corrected chi connectivity index (χ3v) is 4.96. The second-order valence-corrected chi connectivity index (χ2v) is 6.90. The second kappa shape index (κ2) is 9.28. The van der Waals surface area contributed by atoms with Gasteiger partial charge in [-0.15, -0.1) is 11.8 Å². The first-order valence-corrected chi connectivity index (χ1v) is 9.71. The highest BCUT2D eigenvalue weighted by molar-refractivity contribution is 8.00. The highest BCUT2D eigenvalue weighted by Gasteiger charge is 2.13. The van der Waals surface area contributed by atoms with Gasteiger partial charge in [-0.3, -0.25) is 9.59 Å². The number of para-hydroxylation sites is 1. The van der Waals surface area contributed by atoms with Gasteiger partial charge in [0.15, 0.2) is 0 Å². The molecule has 0 spiro atoms. The molecule has 27 heavy (non-hydrogen) atoms. The van der Waals surface area contributed by atoms with E-state index >= 15 is 0 Å². The van der Waals surface area contributed by atoms with Crippen LogP contribution < -0.4 is 0 Å². The standard InChI is InChI=1S/C21H21NO4S/c1-2-25-20(23)13-22-12-19(17-10-6-7-11-18(17)22)27-15-21(24)26-14-16-8-4-3-5-9-16/h3-12H,2,13-15H2,1H3. The number of hydrogen-bond donors (Lipinski definition) is 0. The third kappa shape index (κ3) is 5.14. The van der Waals surface area contributed by atoms with Gasteiger partial charge in [-0.05, 0) is 18.6 Å². The van der Waals surface area contributed by atoms with Crippen LogP contribution >= 0.6 is 11.8 Å².